The molecule has 2 aromatic carbocycles. The van der Waals surface area contributed by atoms with Crippen molar-refractivity contribution in [1.82, 2.24) is 20.4 Å². The van der Waals surface area contributed by atoms with Gasteiger partial charge in [0.15, 0.2) is 17.3 Å². The summed E-state index contributed by atoms with van der Waals surface area (Å²) in [4.78, 5) is 27.9. The monoisotopic (exact) mass is 475 g/mol. The highest BCUT2D eigenvalue weighted by molar-refractivity contribution is 6.04. The summed E-state index contributed by atoms with van der Waals surface area (Å²) in [5, 5.41) is 13.4. The molecular formula is C26H29N5O4. The highest BCUT2D eigenvalue weighted by Crippen LogP contribution is 2.43. The minimum atomic E-state index is -0.601. The molecule has 1 saturated carbocycles. The predicted molar refractivity (Wildman–Crippen MR) is 131 cm³/mol. The third-order valence-electron chi connectivity index (χ3n) is 6.92. The number of hydrogen-bond acceptors (Lipinski definition) is 5. The molecule has 3 amide bonds. The van der Waals surface area contributed by atoms with E-state index in [1.807, 2.05) is 32.0 Å². The molecule has 1 aliphatic heterocycles. The van der Waals surface area contributed by atoms with E-state index in [9.17, 15) is 9.59 Å². The van der Waals surface area contributed by atoms with Crippen molar-refractivity contribution in [1.29, 1.82) is 0 Å². The van der Waals surface area contributed by atoms with Gasteiger partial charge in [0, 0.05) is 23.1 Å². The van der Waals surface area contributed by atoms with Gasteiger partial charge in [-0.2, -0.15) is 5.10 Å². The van der Waals surface area contributed by atoms with Crippen molar-refractivity contribution in [3.05, 3.63) is 70.9 Å². The van der Waals surface area contributed by atoms with Gasteiger partial charge >= 0.3 is 6.03 Å². The fourth-order valence-corrected chi connectivity index (χ4v) is 4.76. The zero-order valence-electron chi connectivity index (χ0n) is 20.2. The standard InChI is InChI=1S/C26H29N5O4/c1-26(2)22-18(14-31(26)25(33)27-19-13-17(19)15-8-6-5-7-9-15)23(30-29-22)28-24(32)16-10-11-20(34-3)21(12-16)35-4/h5-12,17,19H,13-14H2,1-4H3,(H,27,33)(H2,28,29,30,32)/t17-,19+/m0/s1. The third-order valence-corrected chi connectivity index (χ3v) is 6.92. The molecule has 35 heavy (non-hydrogen) atoms. The normalized spacial score (nSPS) is 19.6. The molecule has 3 aromatic rings. The van der Waals surface area contributed by atoms with E-state index in [0.717, 1.165) is 17.7 Å². The fourth-order valence-electron chi connectivity index (χ4n) is 4.76. The van der Waals surface area contributed by atoms with E-state index in [1.165, 1.54) is 12.7 Å². The van der Waals surface area contributed by atoms with Gasteiger partial charge in [0.25, 0.3) is 5.91 Å². The Balaban J connectivity index is 1.28. The van der Waals surface area contributed by atoms with Gasteiger partial charge in [-0.05, 0) is 44.0 Å². The Labute approximate surface area is 203 Å². The fraction of sp³-hybridized carbons (Fsp3) is 0.346. The molecule has 9 heteroatoms. The van der Waals surface area contributed by atoms with Gasteiger partial charge in [0.1, 0.15) is 0 Å². The summed E-state index contributed by atoms with van der Waals surface area (Å²) >= 11 is 0. The number of fused-ring (bicyclic) bond motifs is 1. The number of benzene rings is 2. The molecule has 2 heterocycles. The Morgan fingerprint density at radius 3 is 2.54 bits per heavy atom. The summed E-state index contributed by atoms with van der Waals surface area (Å²) in [6, 6.07) is 15.2. The lowest BCUT2D eigenvalue weighted by atomic mass is 10.0. The third kappa shape index (κ3) is 4.07. The van der Waals surface area contributed by atoms with E-state index >= 15 is 0 Å². The summed E-state index contributed by atoms with van der Waals surface area (Å²) in [6.07, 6.45) is 0.934. The van der Waals surface area contributed by atoms with Crippen molar-refractivity contribution >= 4 is 17.8 Å². The lowest BCUT2D eigenvalue weighted by molar-refractivity contribution is 0.102. The van der Waals surface area contributed by atoms with Crippen LogP contribution in [0.2, 0.25) is 0 Å². The van der Waals surface area contributed by atoms with Gasteiger partial charge in [-0.15, -0.1) is 0 Å². The molecule has 1 fully saturated rings. The van der Waals surface area contributed by atoms with Crippen LogP contribution >= 0.6 is 0 Å². The number of carbonyl (C=O) groups excluding carboxylic acids is 2. The Hall–Kier alpha value is -4.01. The van der Waals surface area contributed by atoms with E-state index in [2.05, 4.69) is 33.0 Å². The molecule has 182 valence electrons. The van der Waals surface area contributed by atoms with E-state index in [4.69, 9.17) is 9.47 Å². The highest BCUT2D eigenvalue weighted by atomic mass is 16.5. The Morgan fingerprint density at radius 2 is 1.83 bits per heavy atom. The topological polar surface area (TPSA) is 109 Å². The average molecular weight is 476 g/mol. The molecule has 0 bridgehead atoms. The summed E-state index contributed by atoms with van der Waals surface area (Å²) in [7, 11) is 3.06. The van der Waals surface area contributed by atoms with Crippen molar-refractivity contribution in [3.63, 3.8) is 0 Å². The second-order valence-electron chi connectivity index (χ2n) is 9.40. The minimum Gasteiger partial charge on any atom is -0.493 e. The lowest BCUT2D eigenvalue weighted by Crippen LogP contribution is -2.47. The van der Waals surface area contributed by atoms with Crippen LogP contribution in [0.3, 0.4) is 0 Å². The molecule has 0 saturated heterocycles. The number of rotatable bonds is 6. The highest BCUT2D eigenvalue weighted by Gasteiger charge is 2.46. The summed E-state index contributed by atoms with van der Waals surface area (Å²) in [6.45, 7) is 4.28. The molecule has 3 N–H and O–H groups in total. The molecular weight excluding hydrogens is 446 g/mol. The van der Waals surface area contributed by atoms with Gasteiger partial charge in [0.2, 0.25) is 0 Å². The van der Waals surface area contributed by atoms with Crippen molar-refractivity contribution in [2.24, 2.45) is 0 Å². The van der Waals surface area contributed by atoms with Gasteiger partial charge in [0.05, 0.1) is 32.0 Å². The maximum Gasteiger partial charge on any atom is 0.318 e. The van der Waals surface area contributed by atoms with Gasteiger partial charge in [-0.25, -0.2) is 4.79 Å². The van der Waals surface area contributed by atoms with Gasteiger partial charge < -0.3 is 25.0 Å². The van der Waals surface area contributed by atoms with Crippen LogP contribution < -0.4 is 20.1 Å². The number of aromatic amines is 1. The van der Waals surface area contributed by atoms with Crippen LogP contribution in [-0.4, -0.2) is 47.3 Å². The molecule has 0 unspecified atom stereocenters. The van der Waals surface area contributed by atoms with Crippen LogP contribution in [0, 0.1) is 0 Å². The largest absolute Gasteiger partial charge is 0.493 e. The zero-order valence-corrected chi connectivity index (χ0v) is 20.2. The van der Waals surface area contributed by atoms with Crippen LogP contribution in [0.4, 0.5) is 10.6 Å². The number of nitrogens with one attached hydrogen (secondary N) is 3. The summed E-state index contributed by atoms with van der Waals surface area (Å²) < 4.78 is 10.5. The summed E-state index contributed by atoms with van der Waals surface area (Å²) in [5.74, 6) is 1.44. The van der Waals surface area contributed by atoms with Crippen molar-refractivity contribution in [2.75, 3.05) is 19.5 Å². The molecule has 9 nitrogen and oxygen atoms in total. The number of methoxy groups -OCH3 is 2. The van der Waals surface area contributed by atoms with Crippen molar-refractivity contribution < 1.29 is 19.1 Å². The zero-order chi connectivity index (χ0) is 24.7. The number of anilines is 1. The maximum absolute atomic E-state index is 13.2. The quantitative estimate of drug-likeness (QED) is 0.500. The van der Waals surface area contributed by atoms with Crippen LogP contribution in [0.15, 0.2) is 48.5 Å². The average Bonchev–Trinajstić information content (AvgIpc) is 3.42. The van der Waals surface area contributed by atoms with E-state index < -0.39 is 5.54 Å². The van der Waals surface area contributed by atoms with E-state index in [-0.39, 0.29) is 18.0 Å². The number of ether oxygens (including phenoxy) is 2. The van der Waals surface area contributed by atoms with Gasteiger partial charge in [-0.1, -0.05) is 30.3 Å². The van der Waals surface area contributed by atoms with Crippen molar-refractivity contribution in [2.45, 2.75) is 44.3 Å². The first-order valence-electron chi connectivity index (χ1n) is 11.6. The number of urea groups is 1. The van der Waals surface area contributed by atoms with E-state index in [1.54, 1.807) is 30.2 Å². The molecule has 5 rings (SSSR count). The maximum atomic E-state index is 13.2. The number of nitrogens with zero attached hydrogens (tertiary/aromatic N) is 2. The van der Waals surface area contributed by atoms with Gasteiger partial charge in [-0.3, -0.25) is 9.89 Å². The number of aromatic nitrogens is 2. The summed E-state index contributed by atoms with van der Waals surface area (Å²) in [5.41, 5.74) is 2.66. The minimum absolute atomic E-state index is 0.125. The second kappa shape index (κ2) is 8.65. The molecule has 2 aliphatic rings. The second-order valence-corrected chi connectivity index (χ2v) is 9.40. The van der Waals surface area contributed by atoms with Crippen LogP contribution in [0.25, 0.3) is 0 Å². The van der Waals surface area contributed by atoms with Crippen LogP contribution in [0.5, 0.6) is 11.5 Å². The Morgan fingerprint density at radius 1 is 1.09 bits per heavy atom. The first-order valence-corrected chi connectivity index (χ1v) is 11.6. The first kappa shape index (κ1) is 22.8. The lowest BCUT2D eigenvalue weighted by Gasteiger charge is -2.32. The first-order chi connectivity index (χ1) is 16.8. The molecule has 1 aliphatic carbocycles. The van der Waals surface area contributed by atoms with Crippen molar-refractivity contribution in [3.8, 4) is 11.5 Å². The molecule has 1 aromatic heterocycles. The number of carbonyl (C=O) groups is 2. The SMILES string of the molecule is COc1ccc(C(=O)Nc2n[nH]c3c2CN(C(=O)N[C@@H]2C[C@H]2c2ccccc2)C3(C)C)cc1OC. The van der Waals surface area contributed by atoms with E-state index in [0.29, 0.717) is 35.3 Å². The van der Waals surface area contributed by atoms with Crippen LogP contribution in [0.1, 0.15) is 53.4 Å². The van der Waals surface area contributed by atoms with Crippen LogP contribution in [-0.2, 0) is 12.1 Å². The number of amides is 3. The Kier molecular flexibility index (Phi) is 5.62. The molecule has 2 atom stereocenters. The Bertz CT molecular complexity index is 1270. The molecule has 0 radical (unpaired) electrons. The number of H-pyrrole nitrogens is 1. The predicted octanol–water partition coefficient (Wildman–Crippen LogP) is 4.00. The number of hydrogen-bond donors (Lipinski definition) is 3. The molecule has 0 spiro atoms. The smallest absolute Gasteiger partial charge is 0.318 e.